The third-order valence-corrected chi connectivity index (χ3v) is 1.64. The van der Waals surface area contributed by atoms with E-state index in [9.17, 15) is 9.59 Å². The van der Waals surface area contributed by atoms with Gasteiger partial charge < -0.3 is 11.6 Å². The minimum atomic E-state index is -0.300. The van der Waals surface area contributed by atoms with Crippen LogP contribution < -0.4 is 11.5 Å². The Morgan fingerprint density at radius 3 is 1.64 bits per heavy atom. The summed E-state index contributed by atoms with van der Waals surface area (Å²) in [6.07, 6.45) is 0. The van der Waals surface area contributed by atoms with Gasteiger partial charge in [-0.05, 0) is 12.1 Å². The Labute approximate surface area is 124 Å². The Hall–Kier alpha value is -0.0836. The molecule has 0 unspecified atom stereocenters. The van der Waals surface area contributed by atoms with Crippen LogP contribution in [-0.4, -0.2) is 68.7 Å². The van der Waals surface area contributed by atoms with Crippen LogP contribution in [0, 0.1) is 0 Å². The molecule has 0 bridgehead atoms. The van der Waals surface area contributed by atoms with Crippen molar-refractivity contribution in [3.05, 3.63) is 35.4 Å². The molecule has 1 aliphatic rings. The molecule has 0 fully saturated rings. The van der Waals surface area contributed by atoms with E-state index in [1.165, 1.54) is 0 Å². The van der Waals surface area contributed by atoms with Crippen molar-refractivity contribution >= 4 is 63.2 Å². The molecule has 0 radical (unpaired) electrons. The van der Waals surface area contributed by atoms with Crippen molar-refractivity contribution in [2.75, 3.05) is 0 Å². The van der Waals surface area contributed by atoms with Gasteiger partial charge in [0.15, 0.2) is 0 Å². The molecule has 6 heteroatoms. The number of fused-ring (bicyclic) bond motifs is 1. The number of nitrogens with one attached hydrogen (secondary N) is 1. The van der Waals surface area contributed by atoms with Gasteiger partial charge in [0.05, 0.1) is 11.1 Å². The van der Waals surface area contributed by atoms with Gasteiger partial charge >= 0.3 is 51.4 Å². The molecule has 5 nitrogen and oxygen atoms in total. The fourth-order valence-corrected chi connectivity index (χ4v) is 1.12. The van der Waals surface area contributed by atoms with Crippen molar-refractivity contribution in [2.24, 2.45) is 0 Å². The van der Waals surface area contributed by atoms with Crippen LogP contribution in [0.3, 0.4) is 0 Å². The molecule has 0 spiro atoms. The summed E-state index contributed by atoms with van der Waals surface area (Å²) in [5.41, 5.74) is 0.940. The van der Waals surface area contributed by atoms with E-state index in [2.05, 4.69) is 5.32 Å². The summed E-state index contributed by atoms with van der Waals surface area (Å²) in [7, 11) is 0. The molecule has 1 heterocycles. The Morgan fingerprint density at radius 2 is 1.29 bits per heavy atom. The zero-order valence-corrected chi connectivity index (χ0v) is 6.83. The molecule has 14 heavy (non-hydrogen) atoms. The number of carbonyl (C=O) groups excluding carboxylic acids is 2. The average Bonchev–Trinajstić information content (AvgIpc) is 2.30. The summed E-state index contributed by atoms with van der Waals surface area (Å²) in [5.74, 6) is -0.601. The first kappa shape index (κ1) is 16.4. The van der Waals surface area contributed by atoms with E-state index in [4.69, 9.17) is 0 Å². The molecule has 1 aromatic carbocycles. The van der Waals surface area contributed by atoms with E-state index in [1.807, 2.05) is 0 Å². The standard InChI is InChI=1S/C8H5NO2.K.H3N.H2O.H/c10-7-5-3-1-2-4-6(5)8(11)9-7;;;;/h1-4H,(H,9,10,11);;1H3;1H2;. The van der Waals surface area contributed by atoms with Gasteiger partial charge in [0.25, 0.3) is 11.8 Å². The molecule has 0 saturated carbocycles. The molecule has 6 N–H and O–H groups in total. The van der Waals surface area contributed by atoms with Crippen LogP contribution in [0.25, 0.3) is 0 Å². The number of hydrogen-bond acceptors (Lipinski definition) is 3. The second-order valence-electron chi connectivity index (χ2n) is 2.33. The van der Waals surface area contributed by atoms with E-state index < -0.39 is 0 Å². The van der Waals surface area contributed by atoms with Gasteiger partial charge in [0, 0.05) is 0 Å². The van der Waals surface area contributed by atoms with Gasteiger partial charge in [-0.15, -0.1) is 0 Å². The van der Waals surface area contributed by atoms with Crippen LogP contribution in [0.2, 0.25) is 0 Å². The maximum atomic E-state index is 10.9. The van der Waals surface area contributed by atoms with Crippen LogP contribution >= 0.6 is 0 Å². The van der Waals surface area contributed by atoms with Crippen molar-refractivity contribution in [1.29, 1.82) is 0 Å². The van der Waals surface area contributed by atoms with Crippen molar-refractivity contribution in [2.45, 2.75) is 0 Å². The van der Waals surface area contributed by atoms with Crippen LogP contribution in [-0.2, 0) is 0 Å². The summed E-state index contributed by atoms with van der Waals surface area (Å²) in [4.78, 5) is 21.9. The van der Waals surface area contributed by atoms with Crippen LogP contribution in [0.5, 0.6) is 0 Å². The summed E-state index contributed by atoms with van der Waals surface area (Å²) in [6, 6.07) is 6.74. The van der Waals surface area contributed by atoms with E-state index in [0.717, 1.165) is 0 Å². The summed E-state index contributed by atoms with van der Waals surface area (Å²) in [5, 5.41) is 2.20. The number of imide groups is 1. The Balaban J connectivity index is 0. The van der Waals surface area contributed by atoms with Crippen LogP contribution in [0.1, 0.15) is 20.7 Å². The second kappa shape index (κ2) is 6.41. The first-order valence-corrected chi connectivity index (χ1v) is 3.24. The summed E-state index contributed by atoms with van der Waals surface area (Å²) in [6.45, 7) is 0. The third-order valence-electron chi connectivity index (χ3n) is 1.64. The van der Waals surface area contributed by atoms with Crippen molar-refractivity contribution in [1.82, 2.24) is 11.5 Å². The Bertz CT molecular complexity index is 321. The number of benzene rings is 1. The molecular weight excluding hydrogens is 211 g/mol. The molecule has 2 amide bonds. The van der Waals surface area contributed by atoms with Gasteiger partial charge in [0.2, 0.25) is 0 Å². The molecule has 2 rings (SSSR count). The normalized spacial score (nSPS) is 11.4. The minimum absolute atomic E-state index is 0. The molecule has 0 aliphatic carbocycles. The SMILES string of the molecule is N.O.O=C1NC(=O)c2ccccc21.[KH]. The van der Waals surface area contributed by atoms with E-state index in [0.29, 0.717) is 11.1 Å². The van der Waals surface area contributed by atoms with Gasteiger partial charge in [0.1, 0.15) is 0 Å². The van der Waals surface area contributed by atoms with Gasteiger partial charge in [-0.3, -0.25) is 14.9 Å². The van der Waals surface area contributed by atoms with Crippen molar-refractivity contribution in [3.8, 4) is 0 Å². The van der Waals surface area contributed by atoms with Crippen molar-refractivity contribution < 1.29 is 15.1 Å². The van der Waals surface area contributed by atoms with E-state index >= 15 is 0 Å². The number of hydrogen-bond donors (Lipinski definition) is 2. The van der Waals surface area contributed by atoms with Gasteiger partial charge in [-0.2, -0.15) is 0 Å². The average molecular weight is 222 g/mol. The predicted octanol–water partition coefficient (Wildman–Crippen LogP) is -0.741. The molecule has 0 aromatic heterocycles. The molecule has 0 atom stereocenters. The third kappa shape index (κ3) is 2.70. The van der Waals surface area contributed by atoms with Crippen molar-refractivity contribution in [3.63, 3.8) is 0 Å². The van der Waals surface area contributed by atoms with Crippen LogP contribution in [0.15, 0.2) is 24.3 Å². The fourth-order valence-electron chi connectivity index (χ4n) is 1.12. The summed E-state index contributed by atoms with van der Waals surface area (Å²) >= 11 is 0. The topological polar surface area (TPSA) is 113 Å². The Kier molecular flexibility index (Phi) is 7.49. The molecule has 0 saturated heterocycles. The quantitative estimate of drug-likeness (QED) is 0.445. The Morgan fingerprint density at radius 1 is 0.929 bits per heavy atom. The predicted molar refractivity (Wildman–Crippen MR) is 54.0 cm³/mol. The molecule has 1 aromatic rings. The number of rotatable bonds is 0. The molecule has 1 aliphatic heterocycles. The zero-order valence-electron chi connectivity index (χ0n) is 6.83. The number of carbonyl (C=O) groups is 2. The van der Waals surface area contributed by atoms with Gasteiger partial charge in [-0.1, -0.05) is 12.1 Å². The maximum absolute atomic E-state index is 10.9. The first-order valence-electron chi connectivity index (χ1n) is 3.24. The van der Waals surface area contributed by atoms with E-state index in [1.54, 1.807) is 24.3 Å². The number of amides is 2. The fraction of sp³-hybridized carbons (Fsp3) is 0. The van der Waals surface area contributed by atoms with Crippen LogP contribution in [0.4, 0.5) is 0 Å². The molecular formula is C8H11KN2O3. The first-order chi connectivity index (χ1) is 5.29. The summed E-state index contributed by atoms with van der Waals surface area (Å²) < 4.78 is 0. The molecule has 72 valence electrons. The van der Waals surface area contributed by atoms with E-state index in [-0.39, 0.29) is 74.8 Å². The second-order valence-corrected chi connectivity index (χ2v) is 2.33. The zero-order chi connectivity index (χ0) is 7.84. The van der Waals surface area contributed by atoms with Gasteiger partial charge in [-0.25, -0.2) is 0 Å². The monoisotopic (exact) mass is 222 g/mol.